The molecule has 0 aromatic rings. The van der Waals surface area contributed by atoms with Gasteiger partial charge in [-0.1, -0.05) is 0 Å². The molecular weight excluding hydrogens is 308 g/mol. The van der Waals surface area contributed by atoms with Crippen molar-refractivity contribution in [3.05, 3.63) is 0 Å². The molecule has 0 bridgehead atoms. The van der Waals surface area contributed by atoms with Crippen molar-refractivity contribution in [1.29, 1.82) is 0 Å². The topological polar surface area (TPSA) is 30.5 Å². The zero-order chi connectivity index (χ0) is 17.9. The van der Waals surface area contributed by atoms with Crippen LogP contribution in [0.1, 0.15) is 72.6 Å². The highest BCUT2D eigenvalue weighted by atomic mass is 15.2. The molecule has 4 rings (SSSR count). The first kappa shape index (κ1) is 19.6. The van der Waals surface area contributed by atoms with Crippen molar-refractivity contribution in [2.75, 3.05) is 39.3 Å². The summed E-state index contributed by atoms with van der Waals surface area (Å²) in [5.74, 6) is 0. The molecule has 4 nitrogen and oxygen atoms in total. The van der Waals surface area contributed by atoms with Crippen molar-refractivity contribution in [1.82, 2.24) is 20.4 Å². The normalized spacial score (nSPS) is 32.9. The summed E-state index contributed by atoms with van der Waals surface area (Å²) in [6, 6.07) is 1.45. The van der Waals surface area contributed by atoms with Crippen molar-refractivity contribution < 1.29 is 0 Å². The molecule has 0 aromatic carbocycles. The molecule has 1 atom stereocenters. The summed E-state index contributed by atoms with van der Waals surface area (Å²) in [6.45, 7) is 16.8. The first-order valence-corrected chi connectivity index (χ1v) is 10.9. The molecule has 2 spiro atoms. The molecular formula is C21H42N4. The number of likely N-dealkylation sites (tertiary alicyclic amines) is 1. The summed E-state index contributed by atoms with van der Waals surface area (Å²) < 4.78 is 0. The maximum atomic E-state index is 3.72. The van der Waals surface area contributed by atoms with Gasteiger partial charge in [0, 0.05) is 49.3 Å². The minimum atomic E-state index is 0.502. The molecule has 1 saturated carbocycles. The maximum Gasteiger partial charge on any atom is 0.0309 e. The van der Waals surface area contributed by atoms with E-state index in [1.807, 2.05) is 0 Å². The van der Waals surface area contributed by atoms with Crippen LogP contribution >= 0.6 is 0 Å². The van der Waals surface area contributed by atoms with Crippen LogP contribution < -0.4 is 10.6 Å². The zero-order valence-corrected chi connectivity index (χ0v) is 17.2. The Balaban J connectivity index is 0.000000146. The maximum absolute atomic E-state index is 3.72. The standard InChI is InChI=1S/C11H22N2.C10H20N2/c1-10(2)13-8-4-6-11(9-13)5-3-7-12-11;1-9(2)12-7-6-11-10(8-12)4-3-5-10/h10,12H,3-9H2,1-2H3;9,11H,3-8H2,1-2H3. The average Bonchev–Trinajstić information content (AvgIpc) is 3.01. The third-order valence-electron chi connectivity index (χ3n) is 7.11. The lowest BCUT2D eigenvalue weighted by Crippen LogP contribution is -2.64. The molecule has 0 aromatic heterocycles. The molecule has 4 aliphatic rings. The minimum absolute atomic E-state index is 0.502. The Morgan fingerprint density at radius 3 is 1.64 bits per heavy atom. The number of hydrogen-bond donors (Lipinski definition) is 2. The third-order valence-corrected chi connectivity index (χ3v) is 7.11. The molecule has 3 aliphatic heterocycles. The van der Waals surface area contributed by atoms with Crippen LogP contribution in [-0.4, -0.2) is 72.2 Å². The van der Waals surface area contributed by atoms with Gasteiger partial charge in [-0.05, 0) is 85.7 Å². The quantitative estimate of drug-likeness (QED) is 0.802. The summed E-state index contributed by atoms with van der Waals surface area (Å²) in [6.07, 6.45) is 9.79. The van der Waals surface area contributed by atoms with E-state index in [1.54, 1.807) is 0 Å². The van der Waals surface area contributed by atoms with E-state index in [4.69, 9.17) is 0 Å². The number of nitrogens with one attached hydrogen (secondary N) is 2. The summed E-state index contributed by atoms with van der Waals surface area (Å²) in [5.41, 5.74) is 1.03. The molecule has 3 heterocycles. The molecule has 1 unspecified atom stereocenters. The predicted molar refractivity (Wildman–Crippen MR) is 107 cm³/mol. The van der Waals surface area contributed by atoms with Crippen LogP contribution in [-0.2, 0) is 0 Å². The van der Waals surface area contributed by atoms with Gasteiger partial charge in [0.1, 0.15) is 0 Å². The molecule has 0 radical (unpaired) electrons. The fourth-order valence-electron chi connectivity index (χ4n) is 5.19. The van der Waals surface area contributed by atoms with Gasteiger partial charge in [0.15, 0.2) is 0 Å². The van der Waals surface area contributed by atoms with E-state index in [0.717, 1.165) is 12.1 Å². The van der Waals surface area contributed by atoms with Crippen LogP contribution in [0, 0.1) is 0 Å². The fourth-order valence-corrected chi connectivity index (χ4v) is 5.19. The smallest absolute Gasteiger partial charge is 0.0309 e. The number of nitrogens with zero attached hydrogens (tertiary/aromatic N) is 2. The van der Waals surface area contributed by atoms with E-state index in [2.05, 4.69) is 48.1 Å². The van der Waals surface area contributed by atoms with E-state index in [0.29, 0.717) is 11.1 Å². The van der Waals surface area contributed by atoms with E-state index < -0.39 is 0 Å². The SMILES string of the molecule is CC(C)N1CCCC2(CCCN2)C1.CC(C)N1CCNC2(CCC2)C1. The van der Waals surface area contributed by atoms with Crippen LogP contribution in [0.5, 0.6) is 0 Å². The molecule has 146 valence electrons. The predicted octanol–water partition coefficient (Wildman–Crippen LogP) is 2.84. The zero-order valence-electron chi connectivity index (χ0n) is 17.2. The van der Waals surface area contributed by atoms with Crippen molar-refractivity contribution in [3.63, 3.8) is 0 Å². The highest BCUT2D eigenvalue weighted by molar-refractivity contribution is 5.01. The second kappa shape index (κ2) is 8.24. The molecule has 2 N–H and O–H groups in total. The molecule has 4 heteroatoms. The van der Waals surface area contributed by atoms with Gasteiger partial charge >= 0.3 is 0 Å². The van der Waals surface area contributed by atoms with Gasteiger partial charge in [-0.25, -0.2) is 0 Å². The largest absolute Gasteiger partial charge is 0.310 e. The molecule has 4 fully saturated rings. The fraction of sp³-hybridized carbons (Fsp3) is 1.00. The second-order valence-corrected chi connectivity index (χ2v) is 9.60. The van der Waals surface area contributed by atoms with Gasteiger partial charge in [0.2, 0.25) is 0 Å². The molecule has 3 saturated heterocycles. The number of hydrogen-bond acceptors (Lipinski definition) is 4. The monoisotopic (exact) mass is 350 g/mol. The average molecular weight is 351 g/mol. The van der Waals surface area contributed by atoms with Crippen LogP contribution in [0.2, 0.25) is 0 Å². The summed E-state index contributed by atoms with van der Waals surface area (Å²) in [4.78, 5) is 5.23. The van der Waals surface area contributed by atoms with Crippen LogP contribution in [0.25, 0.3) is 0 Å². The van der Waals surface area contributed by atoms with Crippen molar-refractivity contribution >= 4 is 0 Å². The van der Waals surface area contributed by atoms with Gasteiger partial charge in [-0.2, -0.15) is 0 Å². The van der Waals surface area contributed by atoms with Gasteiger partial charge in [-0.3, -0.25) is 9.80 Å². The van der Waals surface area contributed by atoms with Crippen LogP contribution in [0.15, 0.2) is 0 Å². The Hall–Kier alpha value is -0.160. The van der Waals surface area contributed by atoms with Crippen LogP contribution in [0.3, 0.4) is 0 Å². The Morgan fingerprint density at radius 1 is 0.640 bits per heavy atom. The van der Waals surface area contributed by atoms with Crippen molar-refractivity contribution in [2.45, 2.75) is 95.8 Å². The summed E-state index contributed by atoms with van der Waals surface area (Å²) in [7, 11) is 0. The van der Waals surface area contributed by atoms with Gasteiger partial charge in [0.25, 0.3) is 0 Å². The highest BCUT2D eigenvalue weighted by Crippen LogP contribution is 2.34. The lowest BCUT2D eigenvalue weighted by molar-refractivity contribution is 0.0535. The second-order valence-electron chi connectivity index (χ2n) is 9.60. The lowest BCUT2D eigenvalue weighted by Gasteiger charge is -2.50. The Bertz CT molecular complexity index is 410. The Kier molecular flexibility index (Phi) is 6.46. The summed E-state index contributed by atoms with van der Waals surface area (Å²) in [5, 5.41) is 7.39. The third kappa shape index (κ3) is 4.77. The molecule has 25 heavy (non-hydrogen) atoms. The first-order chi connectivity index (χ1) is 11.9. The lowest BCUT2D eigenvalue weighted by atomic mass is 9.75. The summed E-state index contributed by atoms with van der Waals surface area (Å²) >= 11 is 0. The van der Waals surface area contributed by atoms with E-state index in [9.17, 15) is 0 Å². The van der Waals surface area contributed by atoms with E-state index >= 15 is 0 Å². The van der Waals surface area contributed by atoms with Gasteiger partial charge < -0.3 is 10.6 Å². The number of piperazine rings is 1. The van der Waals surface area contributed by atoms with Crippen molar-refractivity contribution in [3.8, 4) is 0 Å². The molecule has 1 aliphatic carbocycles. The Morgan fingerprint density at radius 2 is 1.16 bits per heavy atom. The highest BCUT2D eigenvalue weighted by Gasteiger charge is 2.40. The Labute approximate surface area is 156 Å². The van der Waals surface area contributed by atoms with Crippen molar-refractivity contribution in [2.24, 2.45) is 0 Å². The van der Waals surface area contributed by atoms with E-state index in [-0.39, 0.29) is 0 Å². The molecule has 0 amide bonds. The number of piperidine rings is 1. The van der Waals surface area contributed by atoms with Crippen LogP contribution in [0.4, 0.5) is 0 Å². The van der Waals surface area contributed by atoms with E-state index in [1.165, 1.54) is 84.2 Å². The number of rotatable bonds is 2. The minimum Gasteiger partial charge on any atom is -0.310 e. The first-order valence-electron chi connectivity index (χ1n) is 10.9. The van der Waals surface area contributed by atoms with Gasteiger partial charge in [0.05, 0.1) is 0 Å². The van der Waals surface area contributed by atoms with Gasteiger partial charge in [-0.15, -0.1) is 0 Å².